The number of hydrogen-bond acceptors (Lipinski definition) is 4. The number of hydrogen-bond donors (Lipinski definition) is 1. The van der Waals surface area contributed by atoms with Crippen LogP contribution in [0.15, 0.2) is 12.4 Å². The lowest BCUT2D eigenvalue weighted by Crippen LogP contribution is -2.21. The van der Waals surface area contributed by atoms with Crippen LogP contribution >= 0.6 is 0 Å². The molecule has 0 fully saturated rings. The van der Waals surface area contributed by atoms with Gasteiger partial charge in [-0.2, -0.15) is 10.2 Å². The predicted molar refractivity (Wildman–Crippen MR) is 73.2 cm³/mol. The molecule has 0 aromatic carbocycles. The summed E-state index contributed by atoms with van der Waals surface area (Å²) in [6.45, 7) is 4.06. The smallest absolute Gasteiger partial charge is 0.221 e. The van der Waals surface area contributed by atoms with Gasteiger partial charge in [-0.1, -0.05) is 6.92 Å². The minimum absolute atomic E-state index is 0.124. The minimum atomic E-state index is 0.124. The van der Waals surface area contributed by atoms with Gasteiger partial charge in [0.1, 0.15) is 0 Å². The Hall–Kier alpha value is -1.82. The molecule has 2 rings (SSSR count). The summed E-state index contributed by atoms with van der Waals surface area (Å²) in [5.41, 5.74) is 8.07. The highest BCUT2D eigenvalue weighted by molar-refractivity contribution is 5.35. The second kappa shape index (κ2) is 5.44. The monoisotopic (exact) mass is 263 g/mol. The van der Waals surface area contributed by atoms with Gasteiger partial charge in [0.15, 0.2) is 5.75 Å². The average molecular weight is 263 g/mol. The van der Waals surface area contributed by atoms with E-state index in [0.29, 0.717) is 5.75 Å². The molecule has 2 N–H and O–H groups in total. The maximum absolute atomic E-state index is 6.04. The fourth-order valence-electron chi connectivity index (χ4n) is 2.01. The molecular formula is C13H21N5O. The van der Waals surface area contributed by atoms with Crippen LogP contribution in [0.2, 0.25) is 0 Å². The van der Waals surface area contributed by atoms with Gasteiger partial charge in [0.2, 0.25) is 5.88 Å². The molecule has 2 aromatic rings. The Bertz CT molecular complexity index is 557. The molecule has 0 aliphatic rings. The van der Waals surface area contributed by atoms with Crippen LogP contribution in [0, 0.1) is 6.92 Å². The summed E-state index contributed by atoms with van der Waals surface area (Å²) in [7, 11) is 3.73. The van der Waals surface area contributed by atoms with E-state index in [1.165, 1.54) is 0 Å². The summed E-state index contributed by atoms with van der Waals surface area (Å²) in [6.07, 6.45) is 5.21. The van der Waals surface area contributed by atoms with Crippen molar-refractivity contribution < 1.29 is 4.74 Å². The summed E-state index contributed by atoms with van der Waals surface area (Å²) in [5, 5.41) is 8.50. The number of nitrogens with zero attached hydrogens (tertiary/aromatic N) is 4. The third kappa shape index (κ3) is 2.96. The van der Waals surface area contributed by atoms with E-state index in [4.69, 9.17) is 10.5 Å². The van der Waals surface area contributed by atoms with Gasteiger partial charge in [-0.3, -0.25) is 4.68 Å². The standard InChI is InChI=1S/C13H21N5O/c1-5-10(14)6-12-9(2)16-18(4)13(12)19-11-7-15-17(3)8-11/h7-8,10H,5-6,14H2,1-4H3. The molecule has 0 spiro atoms. The minimum Gasteiger partial charge on any atom is -0.436 e. The third-order valence-electron chi connectivity index (χ3n) is 3.18. The van der Waals surface area contributed by atoms with Gasteiger partial charge in [0, 0.05) is 25.7 Å². The van der Waals surface area contributed by atoms with Gasteiger partial charge in [-0.25, -0.2) is 4.68 Å². The van der Waals surface area contributed by atoms with Gasteiger partial charge < -0.3 is 10.5 Å². The van der Waals surface area contributed by atoms with Crippen LogP contribution in [-0.2, 0) is 20.5 Å². The van der Waals surface area contributed by atoms with E-state index < -0.39 is 0 Å². The maximum atomic E-state index is 6.04. The van der Waals surface area contributed by atoms with E-state index in [9.17, 15) is 0 Å². The second-order valence-corrected chi connectivity index (χ2v) is 4.82. The molecule has 2 heterocycles. The normalized spacial score (nSPS) is 12.7. The first-order valence-electron chi connectivity index (χ1n) is 6.45. The zero-order valence-corrected chi connectivity index (χ0v) is 11.9. The Morgan fingerprint density at radius 3 is 2.74 bits per heavy atom. The van der Waals surface area contributed by atoms with Crippen molar-refractivity contribution >= 4 is 0 Å². The molecule has 19 heavy (non-hydrogen) atoms. The highest BCUT2D eigenvalue weighted by Gasteiger charge is 2.18. The number of rotatable bonds is 5. The van der Waals surface area contributed by atoms with E-state index in [1.54, 1.807) is 15.6 Å². The Labute approximate surface area is 113 Å². The summed E-state index contributed by atoms with van der Waals surface area (Å²) < 4.78 is 9.34. The summed E-state index contributed by atoms with van der Waals surface area (Å²) in [4.78, 5) is 0. The highest BCUT2D eigenvalue weighted by Crippen LogP contribution is 2.27. The Morgan fingerprint density at radius 1 is 1.42 bits per heavy atom. The van der Waals surface area contributed by atoms with E-state index in [-0.39, 0.29) is 6.04 Å². The van der Waals surface area contributed by atoms with Gasteiger partial charge >= 0.3 is 0 Å². The first-order chi connectivity index (χ1) is 9.01. The maximum Gasteiger partial charge on any atom is 0.221 e. The van der Waals surface area contributed by atoms with Crippen LogP contribution in [0.5, 0.6) is 11.6 Å². The van der Waals surface area contributed by atoms with Crippen molar-refractivity contribution in [2.24, 2.45) is 19.8 Å². The van der Waals surface area contributed by atoms with Crippen molar-refractivity contribution in [1.82, 2.24) is 19.6 Å². The molecule has 6 nitrogen and oxygen atoms in total. The Kier molecular flexibility index (Phi) is 3.90. The summed E-state index contributed by atoms with van der Waals surface area (Å²) in [5.74, 6) is 1.45. The SMILES string of the molecule is CCC(N)Cc1c(C)nn(C)c1Oc1cnn(C)c1. The van der Waals surface area contributed by atoms with Crippen molar-refractivity contribution in [2.45, 2.75) is 32.7 Å². The number of ether oxygens (including phenoxy) is 1. The molecular weight excluding hydrogens is 242 g/mol. The lowest BCUT2D eigenvalue weighted by molar-refractivity contribution is 0.423. The quantitative estimate of drug-likeness (QED) is 0.888. The number of aryl methyl sites for hydroxylation is 3. The van der Waals surface area contributed by atoms with Crippen LogP contribution in [0.3, 0.4) is 0 Å². The lowest BCUT2D eigenvalue weighted by Gasteiger charge is -2.10. The van der Waals surface area contributed by atoms with Crippen LogP contribution in [-0.4, -0.2) is 25.6 Å². The molecule has 0 radical (unpaired) electrons. The first-order valence-corrected chi connectivity index (χ1v) is 6.45. The molecule has 104 valence electrons. The zero-order valence-electron chi connectivity index (χ0n) is 11.9. The van der Waals surface area contributed by atoms with Gasteiger partial charge in [0.05, 0.1) is 18.1 Å². The molecule has 6 heteroatoms. The van der Waals surface area contributed by atoms with Gasteiger partial charge in [-0.15, -0.1) is 0 Å². The van der Waals surface area contributed by atoms with E-state index in [1.807, 2.05) is 27.2 Å². The van der Waals surface area contributed by atoms with Crippen LogP contribution < -0.4 is 10.5 Å². The Balaban J connectivity index is 2.28. The molecule has 2 aromatic heterocycles. The van der Waals surface area contributed by atoms with Gasteiger partial charge in [0.25, 0.3) is 0 Å². The van der Waals surface area contributed by atoms with Crippen molar-refractivity contribution in [3.8, 4) is 11.6 Å². The van der Waals surface area contributed by atoms with Crippen molar-refractivity contribution in [3.63, 3.8) is 0 Å². The van der Waals surface area contributed by atoms with E-state index >= 15 is 0 Å². The number of nitrogens with two attached hydrogens (primary N) is 1. The molecule has 0 aliphatic carbocycles. The van der Waals surface area contributed by atoms with Crippen molar-refractivity contribution in [1.29, 1.82) is 0 Å². The molecule has 0 saturated carbocycles. The zero-order chi connectivity index (χ0) is 14.0. The van der Waals surface area contributed by atoms with E-state index in [2.05, 4.69) is 17.1 Å². The Morgan fingerprint density at radius 2 is 2.16 bits per heavy atom. The highest BCUT2D eigenvalue weighted by atomic mass is 16.5. The fourth-order valence-corrected chi connectivity index (χ4v) is 2.01. The molecule has 1 unspecified atom stereocenters. The molecule has 1 atom stereocenters. The summed E-state index contributed by atoms with van der Waals surface area (Å²) in [6, 6.07) is 0.124. The van der Waals surface area contributed by atoms with Crippen LogP contribution in [0.4, 0.5) is 0 Å². The fraction of sp³-hybridized carbons (Fsp3) is 0.538. The van der Waals surface area contributed by atoms with Crippen LogP contribution in [0.1, 0.15) is 24.6 Å². The largest absolute Gasteiger partial charge is 0.436 e. The number of aromatic nitrogens is 4. The molecule has 0 amide bonds. The molecule has 0 aliphatic heterocycles. The van der Waals surface area contributed by atoms with Crippen LogP contribution in [0.25, 0.3) is 0 Å². The average Bonchev–Trinajstić information content (AvgIpc) is 2.88. The third-order valence-corrected chi connectivity index (χ3v) is 3.18. The first kappa shape index (κ1) is 13.6. The molecule has 0 saturated heterocycles. The summed E-state index contributed by atoms with van der Waals surface area (Å²) >= 11 is 0. The van der Waals surface area contributed by atoms with Gasteiger partial charge in [-0.05, 0) is 19.8 Å². The lowest BCUT2D eigenvalue weighted by atomic mass is 10.1. The van der Waals surface area contributed by atoms with Crippen molar-refractivity contribution in [2.75, 3.05) is 0 Å². The second-order valence-electron chi connectivity index (χ2n) is 4.82. The van der Waals surface area contributed by atoms with E-state index in [0.717, 1.165) is 30.0 Å². The topological polar surface area (TPSA) is 70.9 Å². The predicted octanol–water partition coefficient (Wildman–Crippen LogP) is 1.53. The molecule has 0 bridgehead atoms. The van der Waals surface area contributed by atoms with Crippen molar-refractivity contribution in [3.05, 3.63) is 23.7 Å².